The first-order valence-electron chi connectivity index (χ1n) is 5.46. The topological polar surface area (TPSA) is 79.8 Å². The van der Waals surface area contributed by atoms with Crippen LogP contribution in [-0.2, 0) is 6.54 Å². The SMILES string of the molecule is CNc1cnccc1C(=O)NCc1ccncn1. The second-order valence-electron chi connectivity index (χ2n) is 3.55. The molecule has 0 atom stereocenters. The van der Waals surface area contributed by atoms with Crippen molar-refractivity contribution in [2.75, 3.05) is 12.4 Å². The van der Waals surface area contributed by atoms with Crippen LogP contribution in [0.1, 0.15) is 16.1 Å². The molecule has 18 heavy (non-hydrogen) atoms. The Morgan fingerprint density at radius 2 is 2.11 bits per heavy atom. The van der Waals surface area contributed by atoms with Gasteiger partial charge in [0, 0.05) is 19.4 Å². The highest BCUT2D eigenvalue weighted by atomic mass is 16.1. The van der Waals surface area contributed by atoms with Crippen molar-refractivity contribution in [1.82, 2.24) is 20.3 Å². The van der Waals surface area contributed by atoms with Crippen LogP contribution < -0.4 is 10.6 Å². The number of nitrogens with zero attached hydrogens (tertiary/aromatic N) is 3. The number of hydrogen-bond acceptors (Lipinski definition) is 5. The van der Waals surface area contributed by atoms with Crippen LogP contribution in [0.25, 0.3) is 0 Å². The summed E-state index contributed by atoms with van der Waals surface area (Å²) in [5.41, 5.74) is 2.01. The number of nitrogens with one attached hydrogen (secondary N) is 2. The Balaban J connectivity index is 2.04. The largest absolute Gasteiger partial charge is 0.386 e. The zero-order valence-electron chi connectivity index (χ0n) is 9.92. The molecule has 0 aromatic carbocycles. The van der Waals surface area contributed by atoms with Gasteiger partial charge in [0.25, 0.3) is 5.91 Å². The summed E-state index contributed by atoms with van der Waals surface area (Å²) in [5.74, 6) is -0.166. The van der Waals surface area contributed by atoms with Gasteiger partial charge in [-0.2, -0.15) is 0 Å². The Labute approximate surface area is 105 Å². The first kappa shape index (κ1) is 12.0. The van der Waals surface area contributed by atoms with Crippen LogP contribution in [0.3, 0.4) is 0 Å². The number of rotatable bonds is 4. The molecule has 2 rings (SSSR count). The predicted molar refractivity (Wildman–Crippen MR) is 67.0 cm³/mol. The molecule has 0 radical (unpaired) electrons. The van der Waals surface area contributed by atoms with Gasteiger partial charge < -0.3 is 10.6 Å². The van der Waals surface area contributed by atoms with E-state index in [4.69, 9.17) is 0 Å². The van der Waals surface area contributed by atoms with Crippen LogP contribution in [0, 0.1) is 0 Å². The minimum Gasteiger partial charge on any atom is -0.386 e. The molecule has 0 unspecified atom stereocenters. The molecule has 2 N–H and O–H groups in total. The summed E-state index contributed by atoms with van der Waals surface area (Å²) in [6.07, 6.45) is 6.28. The van der Waals surface area contributed by atoms with Crippen molar-refractivity contribution in [1.29, 1.82) is 0 Å². The van der Waals surface area contributed by atoms with E-state index in [2.05, 4.69) is 25.6 Å². The van der Waals surface area contributed by atoms with E-state index in [9.17, 15) is 4.79 Å². The summed E-state index contributed by atoms with van der Waals surface area (Å²) in [6, 6.07) is 3.42. The number of hydrogen-bond donors (Lipinski definition) is 2. The van der Waals surface area contributed by atoms with Crippen LogP contribution in [0.15, 0.2) is 37.1 Å². The number of amides is 1. The minimum atomic E-state index is -0.166. The lowest BCUT2D eigenvalue weighted by Gasteiger charge is -2.08. The molecule has 92 valence electrons. The predicted octanol–water partition coefficient (Wildman–Crippen LogP) is 0.843. The third kappa shape index (κ3) is 2.79. The van der Waals surface area contributed by atoms with Crippen molar-refractivity contribution in [3.63, 3.8) is 0 Å². The maximum atomic E-state index is 12.0. The maximum absolute atomic E-state index is 12.0. The average Bonchev–Trinajstić information content (AvgIpc) is 2.45. The zero-order chi connectivity index (χ0) is 12.8. The molecular formula is C12H13N5O. The minimum absolute atomic E-state index is 0.166. The molecule has 2 heterocycles. The summed E-state index contributed by atoms with van der Waals surface area (Å²) < 4.78 is 0. The highest BCUT2D eigenvalue weighted by Crippen LogP contribution is 2.12. The number of carbonyl (C=O) groups is 1. The van der Waals surface area contributed by atoms with Crippen LogP contribution in [-0.4, -0.2) is 27.9 Å². The van der Waals surface area contributed by atoms with Crippen molar-refractivity contribution in [2.45, 2.75) is 6.54 Å². The van der Waals surface area contributed by atoms with E-state index in [1.165, 1.54) is 6.33 Å². The lowest BCUT2D eigenvalue weighted by molar-refractivity contribution is 0.0951. The lowest BCUT2D eigenvalue weighted by atomic mass is 10.2. The van der Waals surface area contributed by atoms with Crippen molar-refractivity contribution in [2.24, 2.45) is 0 Å². The molecule has 0 saturated heterocycles. The van der Waals surface area contributed by atoms with E-state index in [1.54, 1.807) is 37.8 Å². The van der Waals surface area contributed by atoms with Crippen LogP contribution in [0.2, 0.25) is 0 Å². The van der Waals surface area contributed by atoms with Crippen LogP contribution >= 0.6 is 0 Å². The molecule has 1 amide bonds. The van der Waals surface area contributed by atoms with Crippen molar-refractivity contribution < 1.29 is 4.79 Å². The van der Waals surface area contributed by atoms with Gasteiger partial charge in [0.1, 0.15) is 6.33 Å². The second kappa shape index (κ2) is 5.72. The van der Waals surface area contributed by atoms with Gasteiger partial charge in [-0.25, -0.2) is 9.97 Å². The Morgan fingerprint density at radius 3 is 2.83 bits per heavy atom. The molecule has 0 aliphatic carbocycles. The summed E-state index contributed by atoms with van der Waals surface area (Å²) in [5, 5.41) is 5.72. The van der Waals surface area contributed by atoms with Crippen molar-refractivity contribution >= 4 is 11.6 Å². The molecule has 0 saturated carbocycles. The van der Waals surface area contributed by atoms with Gasteiger partial charge in [0.15, 0.2) is 0 Å². The molecular weight excluding hydrogens is 230 g/mol. The summed E-state index contributed by atoms with van der Waals surface area (Å²) in [7, 11) is 1.75. The number of aromatic nitrogens is 3. The Morgan fingerprint density at radius 1 is 1.28 bits per heavy atom. The van der Waals surface area contributed by atoms with E-state index in [-0.39, 0.29) is 5.91 Å². The highest BCUT2D eigenvalue weighted by Gasteiger charge is 2.09. The van der Waals surface area contributed by atoms with E-state index in [0.717, 1.165) is 5.69 Å². The Bertz CT molecular complexity index is 529. The summed E-state index contributed by atoms with van der Waals surface area (Å²) in [6.45, 7) is 0.368. The number of carbonyl (C=O) groups excluding carboxylic acids is 1. The van der Waals surface area contributed by atoms with Gasteiger partial charge in [0.05, 0.1) is 29.7 Å². The molecule has 0 bridgehead atoms. The van der Waals surface area contributed by atoms with E-state index < -0.39 is 0 Å². The van der Waals surface area contributed by atoms with Gasteiger partial charge in [-0.3, -0.25) is 9.78 Å². The van der Waals surface area contributed by atoms with E-state index >= 15 is 0 Å². The van der Waals surface area contributed by atoms with E-state index in [0.29, 0.717) is 17.8 Å². The fourth-order valence-corrected chi connectivity index (χ4v) is 1.48. The third-order valence-electron chi connectivity index (χ3n) is 2.41. The number of pyridine rings is 1. The molecule has 0 spiro atoms. The van der Waals surface area contributed by atoms with Crippen LogP contribution in [0.5, 0.6) is 0 Å². The normalized spacial score (nSPS) is 9.83. The lowest BCUT2D eigenvalue weighted by Crippen LogP contribution is -2.24. The van der Waals surface area contributed by atoms with Crippen LogP contribution in [0.4, 0.5) is 5.69 Å². The number of anilines is 1. The van der Waals surface area contributed by atoms with Gasteiger partial charge in [-0.1, -0.05) is 0 Å². The summed E-state index contributed by atoms with van der Waals surface area (Å²) in [4.78, 5) is 23.8. The molecule has 2 aromatic rings. The standard InChI is InChI=1S/C12H13N5O/c1-13-11-7-14-5-3-10(11)12(18)16-6-9-2-4-15-8-17-9/h2-5,7-8,13H,6H2,1H3,(H,16,18). The fraction of sp³-hybridized carbons (Fsp3) is 0.167. The smallest absolute Gasteiger partial charge is 0.253 e. The Kier molecular flexibility index (Phi) is 3.80. The first-order valence-corrected chi connectivity index (χ1v) is 5.46. The fourth-order valence-electron chi connectivity index (χ4n) is 1.48. The van der Waals surface area contributed by atoms with Crippen molar-refractivity contribution in [3.8, 4) is 0 Å². The second-order valence-corrected chi connectivity index (χ2v) is 3.55. The maximum Gasteiger partial charge on any atom is 0.253 e. The zero-order valence-corrected chi connectivity index (χ0v) is 9.92. The van der Waals surface area contributed by atoms with E-state index in [1.807, 2.05) is 0 Å². The molecule has 0 aliphatic heterocycles. The van der Waals surface area contributed by atoms with Gasteiger partial charge in [-0.05, 0) is 12.1 Å². The third-order valence-corrected chi connectivity index (χ3v) is 2.41. The molecule has 6 nitrogen and oxygen atoms in total. The molecule has 0 fully saturated rings. The quantitative estimate of drug-likeness (QED) is 0.832. The van der Waals surface area contributed by atoms with Crippen molar-refractivity contribution in [3.05, 3.63) is 48.3 Å². The van der Waals surface area contributed by atoms with Gasteiger partial charge in [-0.15, -0.1) is 0 Å². The molecule has 0 aliphatic rings. The molecule has 6 heteroatoms. The van der Waals surface area contributed by atoms with Gasteiger partial charge >= 0.3 is 0 Å². The molecule has 2 aromatic heterocycles. The Hall–Kier alpha value is -2.50. The van der Waals surface area contributed by atoms with Gasteiger partial charge in [0.2, 0.25) is 0 Å². The first-order chi connectivity index (χ1) is 8.81. The monoisotopic (exact) mass is 243 g/mol. The highest BCUT2D eigenvalue weighted by molar-refractivity contribution is 5.99. The summed E-state index contributed by atoms with van der Waals surface area (Å²) >= 11 is 0. The average molecular weight is 243 g/mol.